The SMILES string of the molecule is CC.CN(CCC1(C)CC1)C(=O)OC(C)(C)C.COC=O. The molecule has 1 aliphatic rings. The van der Waals surface area contributed by atoms with Gasteiger partial charge in [-0.2, -0.15) is 0 Å². The monoisotopic (exact) mass is 303 g/mol. The van der Waals surface area contributed by atoms with Gasteiger partial charge in [-0.15, -0.1) is 0 Å². The van der Waals surface area contributed by atoms with Gasteiger partial charge >= 0.3 is 6.09 Å². The van der Waals surface area contributed by atoms with E-state index in [1.165, 1.54) is 20.0 Å². The molecule has 0 aromatic rings. The highest BCUT2D eigenvalue weighted by Crippen LogP contribution is 2.48. The standard InChI is InChI=1S/C12H23NO2.C2H4O2.C2H6/c1-11(2,3)15-10(14)13(5)9-8-12(4)6-7-12;1-4-2-3;1-2/h6-9H2,1-5H3;2H,1H3;1-2H3. The summed E-state index contributed by atoms with van der Waals surface area (Å²) in [6.07, 6.45) is 3.47. The van der Waals surface area contributed by atoms with Crippen LogP contribution in [0.5, 0.6) is 0 Å². The minimum atomic E-state index is -0.394. The van der Waals surface area contributed by atoms with E-state index in [9.17, 15) is 4.79 Å². The first kappa shape index (κ1) is 22.0. The summed E-state index contributed by atoms with van der Waals surface area (Å²) in [5, 5.41) is 0. The second kappa shape index (κ2) is 10.5. The first-order valence-electron chi connectivity index (χ1n) is 7.54. The lowest BCUT2D eigenvalue weighted by Gasteiger charge is -2.25. The fourth-order valence-electron chi connectivity index (χ4n) is 1.33. The maximum atomic E-state index is 11.6. The second-order valence-electron chi connectivity index (χ2n) is 6.29. The van der Waals surface area contributed by atoms with Crippen molar-refractivity contribution in [3.63, 3.8) is 0 Å². The number of methoxy groups -OCH3 is 1. The number of carbonyl (C=O) groups is 2. The number of rotatable bonds is 4. The van der Waals surface area contributed by atoms with Gasteiger partial charge < -0.3 is 14.4 Å². The fourth-order valence-corrected chi connectivity index (χ4v) is 1.33. The Morgan fingerprint density at radius 3 is 2.00 bits per heavy atom. The lowest BCUT2D eigenvalue weighted by molar-refractivity contribution is -0.126. The van der Waals surface area contributed by atoms with E-state index in [2.05, 4.69) is 11.7 Å². The first-order valence-corrected chi connectivity index (χ1v) is 7.54. The minimum Gasteiger partial charge on any atom is -0.471 e. The highest BCUT2D eigenvalue weighted by atomic mass is 16.6. The summed E-state index contributed by atoms with van der Waals surface area (Å²) in [6.45, 7) is 13.1. The molecule has 0 bridgehead atoms. The second-order valence-corrected chi connectivity index (χ2v) is 6.29. The van der Waals surface area contributed by atoms with E-state index in [4.69, 9.17) is 9.53 Å². The summed E-state index contributed by atoms with van der Waals surface area (Å²) >= 11 is 0. The van der Waals surface area contributed by atoms with Crippen LogP contribution in [0.15, 0.2) is 0 Å². The number of hydrogen-bond donors (Lipinski definition) is 0. The molecule has 0 radical (unpaired) electrons. The van der Waals surface area contributed by atoms with E-state index in [0.717, 1.165) is 13.0 Å². The number of carbonyl (C=O) groups excluding carboxylic acids is 2. The molecule has 21 heavy (non-hydrogen) atoms. The molecule has 0 spiro atoms. The Bertz CT molecular complexity index is 293. The van der Waals surface area contributed by atoms with Gasteiger partial charge in [0.2, 0.25) is 0 Å². The molecule has 1 saturated carbocycles. The van der Waals surface area contributed by atoms with Crippen molar-refractivity contribution in [3.05, 3.63) is 0 Å². The molecule has 5 heteroatoms. The Labute approximate surface area is 130 Å². The molecule has 0 unspecified atom stereocenters. The third-order valence-corrected chi connectivity index (χ3v) is 2.96. The Hall–Kier alpha value is -1.26. The quantitative estimate of drug-likeness (QED) is 0.740. The van der Waals surface area contributed by atoms with Gasteiger partial charge in [0, 0.05) is 13.6 Å². The van der Waals surface area contributed by atoms with Crippen LogP contribution < -0.4 is 0 Å². The summed E-state index contributed by atoms with van der Waals surface area (Å²) in [5.74, 6) is 0. The summed E-state index contributed by atoms with van der Waals surface area (Å²) < 4.78 is 9.13. The van der Waals surface area contributed by atoms with E-state index in [1.54, 1.807) is 11.9 Å². The maximum Gasteiger partial charge on any atom is 0.410 e. The van der Waals surface area contributed by atoms with Crippen molar-refractivity contribution >= 4 is 12.6 Å². The molecule has 0 saturated heterocycles. The lowest BCUT2D eigenvalue weighted by Crippen LogP contribution is -2.35. The zero-order valence-corrected chi connectivity index (χ0v) is 15.0. The zero-order valence-electron chi connectivity index (χ0n) is 15.0. The van der Waals surface area contributed by atoms with Crippen LogP contribution in [0.4, 0.5) is 4.79 Å². The van der Waals surface area contributed by atoms with Crippen molar-refractivity contribution in [1.29, 1.82) is 0 Å². The molecule has 0 aromatic carbocycles. The first-order chi connectivity index (χ1) is 9.63. The van der Waals surface area contributed by atoms with Crippen LogP contribution in [-0.2, 0) is 14.3 Å². The minimum absolute atomic E-state index is 0.216. The molecule has 0 N–H and O–H groups in total. The summed E-state index contributed by atoms with van der Waals surface area (Å²) in [7, 11) is 3.12. The van der Waals surface area contributed by atoms with E-state index < -0.39 is 5.60 Å². The third-order valence-electron chi connectivity index (χ3n) is 2.96. The van der Waals surface area contributed by atoms with Gasteiger partial charge in [0.05, 0.1) is 7.11 Å². The van der Waals surface area contributed by atoms with Crippen molar-refractivity contribution < 1.29 is 19.1 Å². The molecule has 1 rings (SSSR count). The van der Waals surface area contributed by atoms with Crippen LogP contribution in [0.25, 0.3) is 0 Å². The van der Waals surface area contributed by atoms with Gasteiger partial charge in [0.1, 0.15) is 5.60 Å². The molecular formula is C16H33NO4. The summed E-state index contributed by atoms with van der Waals surface area (Å²) in [4.78, 5) is 22.2. The molecule has 1 aliphatic carbocycles. The van der Waals surface area contributed by atoms with Crippen molar-refractivity contribution in [3.8, 4) is 0 Å². The van der Waals surface area contributed by atoms with Crippen LogP contribution in [0.2, 0.25) is 0 Å². The van der Waals surface area contributed by atoms with E-state index in [0.29, 0.717) is 11.9 Å². The molecule has 0 aliphatic heterocycles. The number of ether oxygens (including phenoxy) is 2. The molecule has 1 amide bonds. The highest BCUT2D eigenvalue weighted by molar-refractivity contribution is 5.67. The number of amides is 1. The largest absolute Gasteiger partial charge is 0.471 e. The van der Waals surface area contributed by atoms with E-state index in [1.807, 2.05) is 34.6 Å². The molecule has 0 heterocycles. The molecule has 0 aromatic heterocycles. The van der Waals surface area contributed by atoms with Crippen molar-refractivity contribution in [2.24, 2.45) is 5.41 Å². The molecule has 126 valence electrons. The molecular weight excluding hydrogens is 270 g/mol. The topological polar surface area (TPSA) is 55.8 Å². The van der Waals surface area contributed by atoms with Gasteiger partial charge in [-0.25, -0.2) is 4.79 Å². The lowest BCUT2D eigenvalue weighted by atomic mass is 10.1. The van der Waals surface area contributed by atoms with Crippen LogP contribution in [-0.4, -0.2) is 43.8 Å². The van der Waals surface area contributed by atoms with Gasteiger partial charge in [-0.05, 0) is 45.4 Å². The molecule has 5 nitrogen and oxygen atoms in total. The average molecular weight is 303 g/mol. The Balaban J connectivity index is 0. The van der Waals surface area contributed by atoms with Gasteiger partial charge in [-0.1, -0.05) is 20.8 Å². The van der Waals surface area contributed by atoms with Crippen molar-refractivity contribution in [2.75, 3.05) is 20.7 Å². The maximum absolute atomic E-state index is 11.6. The highest BCUT2D eigenvalue weighted by Gasteiger charge is 2.37. The molecule has 0 atom stereocenters. The smallest absolute Gasteiger partial charge is 0.410 e. The average Bonchev–Trinajstić information content (AvgIpc) is 3.15. The van der Waals surface area contributed by atoms with Gasteiger partial charge in [0.15, 0.2) is 0 Å². The number of nitrogens with zero attached hydrogens (tertiary/aromatic N) is 1. The summed E-state index contributed by atoms with van der Waals surface area (Å²) in [6, 6.07) is 0. The Morgan fingerprint density at radius 1 is 1.29 bits per heavy atom. The predicted molar refractivity (Wildman–Crippen MR) is 85.2 cm³/mol. The van der Waals surface area contributed by atoms with Gasteiger partial charge in [0.25, 0.3) is 6.47 Å². The van der Waals surface area contributed by atoms with Crippen LogP contribution in [0, 0.1) is 5.41 Å². The van der Waals surface area contributed by atoms with Crippen molar-refractivity contribution in [1.82, 2.24) is 4.90 Å². The summed E-state index contributed by atoms with van der Waals surface area (Å²) in [5.41, 5.74) is 0.102. The zero-order chi connectivity index (χ0) is 17.1. The van der Waals surface area contributed by atoms with E-state index in [-0.39, 0.29) is 6.09 Å². The molecule has 1 fully saturated rings. The van der Waals surface area contributed by atoms with Crippen molar-refractivity contribution in [2.45, 2.75) is 66.4 Å². The normalized spacial score (nSPS) is 14.5. The van der Waals surface area contributed by atoms with Crippen LogP contribution >= 0.6 is 0 Å². The Kier molecular flexibility index (Phi) is 11.0. The predicted octanol–water partition coefficient (Wildman–Crippen LogP) is 3.86. The van der Waals surface area contributed by atoms with Gasteiger partial charge in [-0.3, -0.25) is 4.79 Å². The fraction of sp³-hybridized carbons (Fsp3) is 0.875. The van der Waals surface area contributed by atoms with Crippen LogP contribution in [0.3, 0.4) is 0 Å². The third kappa shape index (κ3) is 13.5. The van der Waals surface area contributed by atoms with E-state index >= 15 is 0 Å². The van der Waals surface area contributed by atoms with Crippen LogP contribution in [0.1, 0.15) is 60.8 Å². The Morgan fingerprint density at radius 2 is 1.71 bits per heavy atom. The number of hydrogen-bond acceptors (Lipinski definition) is 4.